The van der Waals surface area contributed by atoms with Crippen LogP contribution in [0.3, 0.4) is 0 Å². The Hall–Kier alpha value is -0.410. The average Bonchev–Trinajstić information content (AvgIpc) is 2.94. The summed E-state index contributed by atoms with van der Waals surface area (Å²) in [7, 11) is 0. The lowest BCUT2D eigenvalue weighted by molar-refractivity contribution is -0.286. The van der Waals surface area contributed by atoms with Crippen LogP contribution in [0.15, 0.2) is 0 Å². The van der Waals surface area contributed by atoms with Crippen molar-refractivity contribution in [2.45, 2.75) is 124 Å². The van der Waals surface area contributed by atoms with Gasteiger partial charge in [0.1, 0.15) is 5.78 Å². The van der Waals surface area contributed by atoms with Crippen LogP contribution in [0.4, 0.5) is 0 Å². The van der Waals surface area contributed by atoms with Crippen LogP contribution < -0.4 is 0 Å². The molecule has 0 aromatic carbocycles. The third kappa shape index (κ3) is 2.39. The number of hydrogen-bond acceptors (Lipinski definition) is 3. The second-order valence-corrected chi connectivity index (χ2v) is 15.7. The summed E-state index contributed by atoms with van der Waals surface area (Å²) in [6.45, 7) is 17.8. The molecule has 33 heavy (non-hydrogen) atoms. The van der Waals surface area contributed by atoms with Gasteiger partial charge in [-0.15, -0.1) is 0 Å². The topological polar surface area (TPSA) is 46.5 Å². The predicted octanol–water partition coefficient (Wildman–Crippen LogP) is 6.56. The van der Waals surface area contributed by atoms with Crippen molar-refractivity contribution in [1.82, 2.24) is 0 Å². The molecule has 6 rings (SSSR count). The Balaban J connectivity index is 1.44. The van der Waals surface area contributed by atoms with E-state index in [1.54, 1.807) is 0 Å². The molecule has 5 aliphatic carbocycles. The molecule has 1 heterocycles. The van der Waals surface area contributed by atoms with Gasteiger partial charge in [0, 0.05) is 17.8 Å². The van der Waals surface area contributed by atoms with Gasteiger partial charge in [0.05, 0.1) is 23.7 Å². The third-order valence-electron chi connectivity index (χ3n) is 13.9. The van der Waals surface area contributed by atoms with Gasteiger partial charge in [-0.05, 0) is 91.3 Å². The summed E-state index contributed by atoms with van der Waals surface area (Å²) in [5.41, 5.74) is 0.401. The lowest BCUT2D eigenvalue weighted by Gasteiger charge is -2.74. The fraction of sp³-hybridized carbons (Fsp3) is 0.967. The van der Waals surface area contributed by atoms with E-state index in [9.17, 15) is 9.90 Å². The Morgan fingerprint density at radius 2 is 1.52 bits per heavy atom. The Labute approximate surface area is 201 Å². The summed E-state index contributed by atoms with van der Waals surface area (Å²) in [4.78, 5) is 13.6. The van der Waals surface area contributed by atoms with Crippen LogP contribution in [0.1, 0.15) is 113 Å². The molecular formula is C30H48O3. The first-order valence-corrected chi connectivity index (χ1v) is 14.0. The summed E-state index contributed by atoms with van der Waals surface area (Å²) >= 11 is 0. The minimum absolute atomic E-state index is 0.00421. The fourth-order valence-electron chi connectivity index (χ4n) is 11.9. The van der Waals surface area contributed by atoms with E-state index in [2.05, 4.69) is 48.5 Å². The van der Waals surface area contributed by atoms with Gasteiger partial charge in [-0.1, -0.05) is 48.5 Å². The minimum Gasteiger partial charge on any atom is -0.393 e. The average molecular weight is 457 g/mol. The summed E-state index contributed by atoms with van der Waals surface area (Å²) < 4.78 is 7.05. The highest BCUT2D eigenvalue weighted by Crippen LogP contribution is 2.80. The zero-order valence-corrected chi connectivity index (χ0v) is 22.4. The first kappa shape index (κ1) is 23.0. The lowest BCUT2D eigenvalue weighted by atomic mass is 9.31. The van der Waals surface area contributed by atoms with E-state index in [1.807, 2.05) is 0 Å². The maximum absolute atomic E-state index is 13.6. The molecule has 0 radical (unpaired) electrons. The van der Waals surface area contributed by atoms with E-state index in [4.69, 9.17) is 4.74 Å². The molecule has 0 aromatic rings. The lowest BCUT2D eigenvalue weighted by Crippen LogP contribution is -2.72. The molecule has 2 bridgehead atoms. The quantitative estimate of drug-likeness (QED) is 0.449. The molecule has 6 fully saturated rings. The van der Waals surface area contributed by atoms with Crippen LogP contribution in [0, 0.1) is 50.2 Å². The van der Waals surface area contributed by atoms with Gasteiger partial charge in [-0.2, -0.15) is 0 Å². The first-order valence-electron chi connectivity index (χ1n) is 14.0. The molecule has 3 nitrogen and oxygen atoms in total. The molecule has 6 aliphatic rings. The number of carbonyl (C=O) groups excluding carboxylic acids is 1. The van der Waals surface area contributed by atoms with Crippen LogP contribution in [-0.4, -0.2) is 29.2 Å². The van der Waals surface area contributed by atoms with Crippen molar-refractivity contribution in [3.63, 3.8) is 0 Å². The second kappa shape index (κ2) is 6.28. The normalized spacial score (nSPS) is 58.6. The van der Waals surface area contributed by atoms with Gasteiger partial charge in [0.2, 0.25) is 0 Å². The van der Waals surface area contributed by atoms with E-state index in [0.29, 0.717) is 30.1 Å². The largest absolute Gasteiger partial charge is 0.393 e. The number of carbonyl (C=O) groups is 1. The fourth-order valence-corrected chi connectivity index (χ4v) is 11.9. The number of aliphatic hydroxyl groups excluding tert-OH is 1. The van der Waals surface area contributed by atoms with E-state index in [1.165, 1.54) is 19.3 Å². The third-order valence-corrected chi connectivity index (χ3v) is 13.9. The molecule has 1 saturated heterocycles. The predicted molar refractivity (Wildman–Crippen MR) is 131 cm³/mol. The molecular weight excluding hydrogens is 408 g/mol. The monoisotopic (exact) mass is 456 g/mol. The molecule has 186 valence electrons. The Bertz CT molecular complexity index is 891. The maximum Gasteiger partial charge on any atom is 0.142 e. The Morgan fingerprint density at radius 1 is 0.818 bits per heavy atom. The molecule has 1 N–H and O–H groups in total. The van der Waals surface area contributed by atoms with Gasteiger partial charge in [-0.25, -0.2) is 0 Å². The van der Waals surface area contributed by atoms with E-state index in [-0.39, 0.29) is 44.2 Å². The smallest absolute Gasteiger partial charge is 0.142 e. The van der Waals surface area contributed by atoms with E-state index < -0.39 is 0 Å². The second-order valence-electron chi connectivity index (χ2n) is 15.7. The molecule has 0 amide bonds. The van der Waals surface area contributed by atoms with E-state index >= 15 is 0 Å². The van der Waals surface area contributed by atoms with Crippen LogP contribution in [0.2, 0.25) is 0 Å². The van der Waals surface area contributed by atoms with Crippen molar-refractivity contribution in [2.24, 2.45) is 50.2 Å². The number of ether oxygens (including phenoxy) is 1. The number of rotatable bonds is 0. The van der Waals surface area contributed by atoms with Crippen molar-refractivity contribution >= 4 is 5.78 Å². The van der Waals surface area contributed by atoms with Gasteiger partial charge < -0.3 is 9.84 Å². The summed E-state index contributed by atoms with van der Waals surface area (Å²) in [5, 5.41) is 10.9. The molecule has 9 atom stereocenters. The van der Waals surface area contributed by atoms with Gasteiger partial charge in [0.15, 0.2) is 0 Å². The number of Topliss-reactive ketones (excluding diaryl/α,β-unsaturated/α-hetero) is 1. The summed E-state index contributed by atoms with van der Waals surface area (Å²) in [6.07, 6.45) is 10.8. The van der Waals surface area contributed by atoms with Crippen molar-refractivity contribution in [3.8, 4) is 0 Å². The zero-order valence-electron chi connectivity index (χ0n) is 22.4. The molecule has 3 heteroatoms. The molecule has 0 aromatic heterocycles. The molecule has 0 unspecified atom stereocenters. The molecule has 5 saturated carbocycles. The summed E-state index contributed by atoms with van der Waals surface area (Å²) in [5.74, 6) is 2.17. The van der Waals surface area contributed by atoms with E-state index in [0.717, 1.165) is 44.9 Å². The zero-order chi connectivity index (χ0) is 23.9. The van der Waals surface area contributed by atoms with Crippen LogP contribution >= 0.6 is 0 Å². The summed E-state index contributed by atoms with van der Waals surface area (Å²) in [6, 6.07) is 0. The van der Waals surface area contributed by atoms with Gasteiger partial charge in [0.25, 0.3) is 0 Å². The standard InChI is InChI=1S/C30H48O3/c1-24(2)16-21-29(23(32)17-24)15-14-28(7)27(6)12-8-19-25(3,4)22(31)10-11-26(19,5)20(27)9-13-30(21,28)33-18-29/h19-22,31H,8-18H2,1-7H3/t19-,20-,21+,22-,26-,27+,28-,29-,30-/m0/s1. The molecule has 1 spiro atoms. The number of ketones is 1. The van der Waals surface area contributed by atoms with Gasteiger partial charge in [-0.3, -0.25) is 4.79 Å². The first-order chi connectivity index (χ1) is 15.2. The Morgan fingerprint density at radius 3 is 2.24 bits per heavy atom. The number of fused-ring (bicyclic) bond motifs is 4. The number of aliphatic hydroxyl groups is 1. The van der Waals surface area contributed by atoms with Crippen LogP contribution in [-0.2, 0) is 9.53 Å². The minimum atomic E-state index is -0.198. The van der Waals surface area contributed by atoms with Gasteiger partial charge >= 0.3 is 0 Å². The molecule has 1 aliphatic heterocycles. The van der Waals surface area contributed by atoms with Crippen molar-refractivity contribution in [2.75, 3.05) is 6.61 Å². The van der Waals surface area contributed by atoms with Crippen LogP contribution in [0.5, 0.6) is 0 Å². The highest BCUT2D eigenvalue weighted by molar-refractivity contribution is 5.87. The van der Waals surface area contributed by atoms with Crippen molar-refractivity contribution in [3.05, 3.63) is 0 Å². The van der Waals surface area contributed by atoms with Crippen molar-refractivity contribution < 1.29 is 14.6 Å². The highest BCUT2D eigenvalue weighted by Gasteiger charge is 2.79. The maximum atomic E-state index is 13.6. The van der Waals surface area contributed by atoms with Crippen LogP contribution in [0.25, 0.3) is 0 Å². The number of hydrogen-bond donors (Lipinski definition) is 1. The Kier molecular flexibility index (Phi) is 4.38. The highest BCUT2D eigenvalue weighted by atomic mass is 16.5. The SMILES string of the molecule is CC1(C)CC(=O)[C@@]23CC[C@]4(C)[C@@](CC[C@H]5[C@@]6(C)CC[C@H](O)C(C)(C)[C@@H]6CC[C@]54C)(OC2)[C@@H]3C1. The van der Waals surface area contributed by atoms with Crippen molar-refractivity contribution in [1.29, 1.82) is 0 Å².